The highest BCUT2D eigenvalue weighted by molar-refractivity contribution is 5.49. The number of aryl methyl sites for hydroxylation is 1. The fraction of sp³-hybridized carbons (Fsp3) is 0.133. The molecule has 0 atom stereocenters. The highest BCUT2D eigenvalue weighted by atomic mass is 19.1. The monoisotopic (exact) mass is 256 g/mol. The van der Waals surface area contributed by atoms with Gasteiger partial charge >= 0.3 is 0 Å². The molecule has 2 aromatic rings. The second-order valence-corrected chi connectivity index (χ2v) is 4.23. The molecule has 2 rings (SSSR count). The van der Waals surface area contributed by atoms with Crippen molar-refractivity contribution in [1.29, 1.82) is 5.26 Å². The van der Waals surface area contributed by atoms with E-state index in [0.717, 1.165) is 11.1 Å². The van der Waals surface area contributed by atoms with Gasteiger partial charge in [-0.2, -0.15) is 5.26 Å². The molecule has 0 bridgehead atoms. The standard InChI is InChI=1S/C15H13FN2O/c1-10-6-13(3-5-15(10)18)19-9-11-2-4-14(16)12(7-11)8-17/h2-7H,9,18H2,1H3. The van der Waals surface area contributed by atoms with Crippen molar-refractivity contribution >= 4 is 5.69 Å². The lowest BCUT2D eigenvalue weighted by molar-refractivity contribution is 0.306. The number of nitrogens with zero attached hydrogens (tertiary/aromatic N) is 1. The lowest BCUT2D eigenvalue weighted by atomic mass is 10.1. The zero-order valence-electron chi connectivity index (χ0n) is 10.5. The minimum absolute atomic E-state index is 0.0228. The lowest BCUT2D eigenvalue weighted by Gasteiger charge is -2.08. The first-order valence-corrected chi connectivity index (χ1v) is 5.77. The van der Waals surface area contributed by atoms with Crippen LogP contribution in [0.2, 0.25) is 0 Å². The summed E-state index contributed by atoms with van der Waals surface area (Å²) in [6.07, 6.45) is 0. The predicted molar refractivity (Wildman–Crippen MR) is 71.0 cm³/mol. The number of nitriles is 1. The van der Waals surface area contributed by atoms with Crippen LogP contribution in [0.1, 0.15) is 16.7 Å². The molecule has 3 nitrogen and oxygen atoms in total. The third-order valence-electron chi connectivity index (χ3n) is 2.80. The van der Waals surface area contributed by atoms with Gasteiger partial charge in [0, 0.05) is 5.69 Å². The van der Waals surface area contributed by atoms with Gasteiger partial charge in [0.15, 0.2) is 0 Å². The fourth-order valence-corrected chi connectivity index (χ4v) is 1.65. The molecule has 0 aliphatic rings. The molecule has 0 unspecified atom stereocenters. The van der Waals surface area contributed by atoms with E-state index in [1.54, 1.807) is 24.3 Å². The molecule has 0 saturated carbocycles. The summed E-state index contributed by atoms with van der Waals surface area (Å²) in [5.74, 6) is 0.170. The summed E-state index contributed by atoms with van der Waals surface area (Å²) in [7, 11) is 0. The van der Waals surface area contributed by atoms with Gasteiger partial charge in [0.25, 0.3) is 0 Å². The molecule has 0 fully saturated rings. The van der Waals surface area contributed by atoms with Crippen LogP contribution in [-0.2, 0) is 6.61 Å². The Kier molecular flexibility index (Phi) is 3.67. The number of nitrogen functional groups attached to an aromatic ring is 1. The second kappa shape index (κ2) is 5.40. The first-order valence-electron chi connectivity index (χ1n) is 5.77. The SMILES string of the molecule is Cc1cc(OCc2ccc(F)c(C#N)c2)ccc1N. The number of anilines is 1. The van der Waals surface area contributed by atoms with Crippen LogP contribution in [0, 0.1) is 24.1 Å². The maximum Gasteiger partial charge on any atom is 0.140 e. The van der Waals surface area contributed by atoms with Crippen LogP contribution in [0.5, 0.6) is 5.75 Å². The number of rotatable bonds is 3. The summed E-state index contributed by atoms with van der Waals surface area (Å²) in [6.45, 7) is 2.17. The van der Waals surface area contributed by atoms with Crippen molar-refractivity contribution < 1.29 is 9.13 Å². The molecule has 0 aliphatic heterocycles. The van der Waals surface area contributed by atoms with Crippen LogP contribution in [-0.4, -0.2) is 0 Å². The van der Waals surface area contributed by atoms with E-state index in [9.17, 15) is 4.39 Å². The number of halogens is 1. The summed E-state index contributed by atoms with van der Waals surface area (Å²) in [4.78, 5) is 0. The Labute approximate surface area is 111 Å². The largest absolute Gasteiger partial charge is 0.489 e. The molecule has 19 heavy (non-hydrogen) atoms. The van der Waals surface area contributed by atoms with E-state index in [1.165, 1.54) is 12.1 Å². The molecule has 0 radical (unpaired) electrons. The van der Waals surface area contributed by atoms with Gasteiger partial charge in [0.1, 0.15) is 24.2 Å². The van der Waals surface area contributed by atoms with Crippen LogP contribution >= 0.6 is 0 Å². The molecule has 2 N–H and O–H groups in total. The Bertz CT molecular complexity index is 647. The van der Waals surface area contributed by atoms with E-state index < -0.39 is 5.82 Å². The Hall–Kier alpha value is -2.54. The van der Waals surface area contributed by atoms with E-state index in [2.05, 4.69) is 0 Å². The van der Waals surface area contributed by atoms with Gasteiger partial charge in [-0.15, -0.1) is 0 Å². The van der Waals surface area contributed by atoms with E-state index in [-0.39, 0.29) is 12.2 Å². The smallest absolute Gasteiger partial charge is 0.140 e. The molecule has 4 heteroatoms. The van der Waals surface area contributed by atoms with Crippen LogP contribution in [0.3, 0.4) is 0 Å². The maximum atomic E-state index is 13.2. The number of nitrogens with two attached hydrogens (primary N) is 1. The fourth-order valence-electron chi connectivity index (χ4n) is 1.65. The molecule has 0 saturated heterocycles. The third kappa shape index (κ3) is 3.02. The van der Waals surface area contributed by atoms with Crippen molar-refractivity contribution in [3.8, 4) is 11.8 Å². The third-order valence-corrected chi connectivity index (χ3v) is 2.80. The van der Waals surface area contributed by atoms with Crippen LogP contribution in [0.4, 0.5) is 10.1 Å². The molecule has 0 heterocycles. The average molecular weight is 256 g/mol. The zero-order valence-corrected chi connectivity index (χ0v) is 10.5. The average Bonchev–Trinajstić information content (AvgIpc) is 2.41. The normalized spacial score (nSPS) is 9.95. The maximum absolute atomic E-state index is 13.2. The van der Waals surface area contributed by atoms with E-state index >= 15 is 0 Å². The summed E-state index contributed by atoms with van der Waals surface area (Å²) >= 11 is 0. The second-order valence-electron chi connectivity index (χ2n) is 4.23. The van der Waals surface area contributed by atoms with E-state index in [1.807, 2.05) is 13.0 Å². The van der Waals surface area contributed by atoms with E-state index in [4.69, 9.17) is 15.7 Å². The molecule has 2 aromatic carbocycles. The number of hydrogen-bond donors (Lipinski definition) is 1. The van der Waals surface area contributed by atoms with Gasteiger partial charge in [-0.25, -0.2) is 4.39 Å². The molecule has 96 valence electrons. The van der Waals surface area contributed by atoms with Gasteiger partial charge in [0.05, 0.1) is 5.56 Å². The zero-order chi connectivity index (χ0) is 13.8. The lowest BCUT2D eigenvalue weighted by Crippen LogP contribution is -1.98. The van der Waals surface area contributed by atoms with Crippen molar-refractivity contribution in [3.05, 3.63) is 58.9 Å². The highest BCUT2D eigenvalue weighted by Gasteiger charge is 2.04. The Morgan fingerprint density at radius 2 is 2.05 bits per heavy atom. The van der Waals surface area contributed by atoms with Crippen LogP contribution < -0.4 is 10.5 Å². The predicted octanol–water partition coefficient (Wildman–Crippen LogP) is 3.17. The first-order chi connectivity index (χ1) is 9.10. The number of benzene rings is 2. The Morgan fingerprint density at radius 1 is 1.26 bits per heavy atom. The van der Waals surface area contributed by atoms with Crippen molar-refractivity contribution in [1.82, 2.24) is 0 Å². The molecule has 0 aliphatic carbocycles. The van der Waals surface area contributed by atoms with Crippen molar-refractivity contribution in [2.75, 3.05) is 5.73 Å². The topological polar surface area (TPSA) is 59.0 Å². The molecule has 0 spiro atoms. The van der Waals surface area contributed by atoms with Gasteiger partial charge in [-0.05, 0) is 48.4 Å². The van der Waals surface area contributed by atoms with Gasteiger partial charge < -0.3 is 10.5 Å². The molecular formula is C15H13FN2O. The van der Waals surface area contributed by atoms with Crippen molar-refractivity contribution in [2.24, 2.45) is 0 Å². The summed E-state index contributed by atoms with van der Waals surface area (Å²) in [5.41, 5.74) is 8.13. The van der Waals surface area contributed by atoms with Gasteiger partial charge in [0.2, 0.25) is 0 Å². The summed E-state index contributed by atoms with van der Waals surface area (Å²) < 4.78 is 18.7. The quantitative estimate of drug-likeness (QED) is 0.858. The minimum atomic E-state index is -0.519. The number of hydrogen-bond acceptors (Lipinski definition) is 3. The van der Waals surface area contributed by atoms with Crippen molar-refractivity contribution in [3.63, 3.8) is 0 Å². The summed E-state index contributed by atoms with van der Waals surface area (Å²) in [6, 6.07) is 11.5. The van der Waals surface area contributed by atoms with Gasteiger partial charge in [-0.1, -0.05) is 6.07 Å². The Balaban J connectivity index is 2.10. The molecule has 0 aromatic heterocycles. The van der Waals surface area contributed by atoms with Crippen molar-refractivity contribution in [2.45, 2.75) is 13.5 Å². The van der Waals surface area contributed by atoms with Crippen LogP contribution in [0.25, 0.3) is 0 Å². The molecular weight excluding hydrogens is 243 g/mol. The highest BCUT2D eigenvalue weighted by Crippen LogP contribution is 2.20. The first kappa shape index (κ1) is 12.9. The van der Waals surface area contributed by atoms with E-state index in [0.29, 0.717) is 11.4 Å². The molecule has 0 amide bonds. The minimum Gasteiger partial charge on any atom is -0.489 e. The van der Waals surface area contributed by atoms with Crippen LogP contribution in [0.15, 0.2) is 36.4 Å². The number of ether oxygens (including phenoxy) is 1. The Morgan fingerprint density at radius 3 is 2.74 bits per heavy atom. The van der Waals surface area contributed by atoms with Gasteiger partial charge in [-0.3, -0.25) is 0 Å². The summed E-state index contributed by atoms with van der Waals surface area (Å²) in [5, 5.41) is 8.75.